The molecule has 0 aromatic carbocycles. The number of nitrogens with zero attached hydrogens (tertiary/aromatic N) is 3. The number of hydrogen-bond acceptors (Lipinski definition) is 4. The van der Waals surface area contributed by atoms with Gasteiger partial charge in [-0.25, -0.2) is 0 Å². The minimum absolute atomic E-state index is 0.151. The Morgan fingerprint density at radius 3 is 2.88 bits per heavy atom. The topological polar surface area (TPSA) is 59.4 Å². The molecule has 1 aliphatic carbocycles. The molecule has 1 saturated carbocycles. The number of aromatic nitrogens is 2. The van der Waals surface area contributed by atoms with Gasteiger partial charge in [-0.3, -0.25) is 14.4 Å². The number of likely N-dealkylation sites (tertiary alicyclic amines) is 1. The Labute approximate surface area is 156 Å². The number of hydrogen-bond donors (Lipinski definition) is 1. The van der Waals surface area contributed by atoms with Gasteiger partial charge in [-0.05, 0) is 57.6 Å². The zero-order chi connectivity index (χ0) is 17.8. The van der Waals surface area contributed by atoms with Crippen LogP contribution in [0.3, 0.4) is 0 Å². The lowest BCUT2D eigenvalue weighted by molar-refractivity contribution is -0.127. The minimum Gasteiger partial charge on any atom is -0.381 e. The molecule has 0 spiro atoms. The van der Waals surface area contributed by atoms with Gasteiger partial charge in [0.1, 0.15) is 0 Å². The molecular formula is C20H32N4O2. The van der Waals surface area contributed by atoms with E-state index >= 15 is 0 Å². The van der Waals surface area contributed by atoms with Crippen molar-refractivity contribution in [3.63, 3.8) is 0 Å². The number of piperidine rings is 1. The summed E-state index contributed by atoms with van der Waals surface area (Å²) in [7, 11) is 0. The predicted molar refractivity (Wildman–Crippen MR) is 100.0 cm³/mol. The molecule has 3 heterocycles. The van der Waals surface area contributed by atoms with Gasteiger partial charge in [-0.15, -0.1) is 0 Å². The first-order valence-electron chi connectivity index (χ1n) is 10.4. The Bertz CT molecular complexity index is 592. The maximum absolute atomic E-state index is 12.6. The third-order valence-electron chi connectivity index (χ3n) is 6.12. The second-order valence-corrected chi connectivity index (χ2v) is 8.08. The van der Waals surface area contributed by atoms with Gasteiger partial charge in [0.05, 0.1) is 5.92 Å². The second-order valence-electron chi connectivity index (χ2n) is 8.08. The Balaban J connectivity index is 1.18. The monoisotopic (exact) mass is 360 g/mol. The number of ether oxygens (including phenoxy) is 1. The highest BCUT2D eigenvalue weighted by Crippen LogP contribution is 2.39. The number of rotatable bonds is 7. The van der Waals surface area contributed by atoms with E-state index < -0.39 is 0 Å². The lowest BCUT2D eigenvalue weighted by atomic mass is 9.94. The lowest BCUT2D eigenvalue weighted by Crippen LogP contribution is -2.48. The van der Waals surface area contributed by atoms with Crippen LogP contribution >= 0.6 is 0 Å². The molecule has 1 amide bonds. The van der Waals surface area contributed by atoms with Crippen molar-refractivity contribution in [2.45, 2.75) is 63.5 Å². The van der Waals surface area contributed by atoms with Crippen LogP contribution in [0.1, 0.15) is 56.6 Å². The van der Waals surface area contributed by atoms with Crippen molar-refractivity contribution in [2.75, 3.05) is 32.8 Å². The van der Waals surface area contributed by atoms with Crippen LogP contribution in [0.25, 0.3) is 0 Å². The van der Waals surface area contributed by atoms with Gasteiger partial charge >= 0.3 is 0 Å². The number of aryl methyl sites for hydroxylation is 1. The summed E-state index contributed by atoms with van der Waals surface area (Å²) in [5.74, 6) is 1.12. The summed E-state index contributed by atoms with van der Waals surface area (Å²) in [6.07, 6.45) is 9.83. The Morgan fingerprint density at radius 1 is 1.23 bits per heavy atom. The Kier molecular flexibility index (Phi) is 5.90. The van der Waals surface area contributed by atoms with Crippen molar-refractivity contribution in [1.82, 2.24) is 20.0 Å². The van der Waals surface area contributed by atoms with Gasteiger partial charge in [-0.2, -0.15) is 5.10 Å². The van der Waals surface area contributed by atoms with Crippen LogP contribution < -0.4 is 5.32 Å². The second kappa shape index (κ2) is 8.53. The molecule has 2 aliphatic heterocycles. The summed E-state index contributed by atoms with van der Waals surface area (Å²) in [6, 6.07) is 2.75. The number of carbonyl (C=O) groups excluding carboxylic acids is 1. The highest BCUT2D eigenvalue weighted by molar-refractivity contribution is 5.78. The molecule has 1 aromatic rings. The maximum Gasteiger partial charge on any atom is 0.224 e. The molecule has 1 atom stereocenters. The summed E-state index contributed by atoms with van der Waals surface area (Å²) >= 11 is 0. The summed E-state index contributed by atoms with van der Waals surface area (Å²) in [5.41, 5.74) is 1.37. The van der Waals surface area contributed by atoms with Gasteiger partial charge in [0.15, 0.2) is 0 Å². The van der Waals surface area contributed by atoms with Gasteiger partial charge in [-0.1, -0.05) is 0 Å². The Morgan fingerprint density at radius 2 is 2.08 bits per heavy atom. The lowest BCUT2D eigenvalue weighted by Gasteiger charge is -2.39. The number of amides is 1. The third-order valence-corrected chi connectivity index (χ3v) is 6.12. The van der Waals surface area contributed by atoms with Crippen molar-refractivity contribution in [1.29, 1.82) is 0 Å². The number of carbonyl (C=O) groups is 1. The maximum atomic E-state index is 12.6. The number of nitrogens with one attached hydrogen (secondary N) is 1. The van der Waals surface area contributed by atoms with Crippen LogP contribution in [0.15, 0.2) is 12.3 Å². The molecule has 3 aliphatic rings. The van der Waals surface area contributed by atoms with Crippen LogP contribution in [0.2, 0.25) is 0 Å². The predicted octanol–water partition coefficient (Wildman–Crippen LogP) is 2.16. The zero-order valence-electron chi connectivity index (χ0n) is 15.7. The molecule has 6 heteroatoms. The summed E-state index contributed by atoms with van der Waals surface area (Å²) < 4.78 is 7.60. The van der Waals surface area contributed by atoms with Crippen LogP contribution in [-0.2, 0) is 16.1 Å². The smallest absolute Gasteiger partial charge is 0.224 e. The highest BCUT2D eigenvalue weighted by atomic mass is 16.5. The minimum atomic E-state index is 0.151. The van der Waals surface area contributed by atoms with Crippen molar-refractivity contribution in [3.8, 4) is 0 Å². The first-order chi connectivity index (χ1) is 12.8. The largest absolute Gasteiger partial charge is 0.381 e. The van der Waals surface area contributed by atoms with Crippen molar-refractivity contribution >= 4 is 5.91 Å². The van der Waals surface area contributed by atoms with E-state index in [2.05, 4.69) is 26.1 Å². The van der Waals surface area contributed by atoms with Gasteiger partial charge in [0.25, 0.3) is 0 Å². The first-order valence-corrected chi connectivity index (χ1v) is 10.4. The Hall–Kier alpha value is -1.40. The zero-order valence-corrected chi connectivity index (χ0v) is 15.7. The molecule has 144 valence electrons. The SMILES string of the molecule is O=C(NCCCn1nccc1C1CC1)[C@@H]1CCCN(C2CCOCC2)C1. The fourth-order valence-electron chi connectivity index (χ4n) is 4.44. The standard InChI is InChI=1S/C20H32N4O2/c25-20(17-3-1-11-23(15-17)18-7-13-26-14-8-18)21-9-2-12-24-19(6-10-22-24)16-4-5-16/h6,10,16-18H,1-5,7-9,11-15H2,(H,21,25)/t17-/m1/s1. The molecule has 6 nitrogen and oxygen atoms in total. The summed E-state index contributed by atoms with van der Waals surface area (Å²) in [6.45, 7) is 5.44. The highest BCUT2D eigenvalue weighted by Gasteiger charge is 2.30. The van der Waals surface area contributed by atoms with Crippen molar-refractivity contribution in [2.24, 2.45) is 5.92 Å². The molecule has 2 saturated heterocycles. The van der Waals surface area contributed by atoms with E-state index in [9.17, 15) is 4.79 Å². The van der Waals surface area contributed by atoms with Gasteiger partial charge in [0.2, 0.25) is 5.91 Å². The molecular weight excluding hydrogens is 328 g/mol. The van der Waals surface area contributed by atoms with E-state index in [0.29, 0.717) is 6.04 Å². The van der Waals surface area contributed by atoms with Crippen LogP contribution in [0.5, 0.6) is 0 Å². The first kappa shape index (κ1) is 18.0. The molecule has 1 aromatic heterocycles. The van der Waals surface area contributed by atoms with Crippen LogP contribution in [-0.4, -0.2) is 59.5 Å². The molecule has 0 radical (unpaired) electrons. The average molecular weight is 361 g/mol. The molecule has 0 unspecified atom stereocenters. The van der Waals surface area contributed by atoms with E-state index in [0.717, 1.165) is 77.4 Å². The fourth-order valence-corrected chi connectivity index (χ4v) is 4.44. The molecule has 0 bridgehead atoms. The molecule has 1 N–H and O–H groups in total. The van der Waals surface area contributed by atoms with E-state index in [-0.39, 0.29) is 11.8 Å². The van der Waals surface area contributed by atoms with Gasteiger partial charge < -0.3 is 10.1 Å². The molecule has 3 fully saturated rings. The third kappa shape index (κ3) is 4.46. The summed E-state index contributed by atoms with van der Waals surface area (Å²) in [4.78, 5) is 15.1. The average Bonchev–Trinajstić information content (AvgIpc) is 3.44. The van der Waals surface area contributed by atoms with E-state index in [1.807, 2.05) is 6.20 Å². The van der Waals surface area contributed by atoms with E-state index in [4.69, 9.17) is 4.74 Å². The van der Waals surface area contributed by atoms with Crippen molar-refractivity contribution in [3.05, 3.63) is 18.0 Å². The molecule has 26 heavy (non-hydrogen) atoms. The fraction of sp³-hybridized carbons (Fsp3) is 0.800. The molecule has 4 rings (SSSR count). The van der Waals surface area contributed by atoms with Crippen molar-refractivity contribution < 1.29 is 9.53 Å². The van der Waals surface area contributed by atoms with Crippen LogP contribution in [0.4, 0.5) is 0 Å². The summed E-state index contributed by atoms with van der Waals surface area (Å²) in [5, 5.41) is 7.60. The normalized spacial score (nSPS) is 25.3. The quantitative estimate of drug-likeness (QED) is 0.757. The van der Waals surface area contributed by atoms with Gasteiger partial charge in [0, 0.05) is 56.7 Å². The van der Waals surface area contributed by atoms with Crippen LogP contribution in [0, 0.1) is 5.92 Å². The van der Waals surface area contributed by atoms with E-state index in [1.54, 1.807) is 0 Å². The van der Waals surface area contributed by atoms with E-state index in [1.165, 1.54) is 18.5 Å².